The molecule has 5 heteroatoms. The number of nitrogens with zero attached hydrogens (tertiary/aromatic N) is 1. The summed E-state index contributed by atoms with van der Waals surface area (Å²) in [5.74, 6) is -0.786. The maximum Gasteiger partial charge on any atom is 0.238 e. The Morgan fingerprint density at radius 1 is 1.08 bits per heavy atom. The third kappa shape index (κ3) is 1.98. The van der Waals surface area contributed by atoms with E-state index in [1.807, 2.05) is 0 Å². The van der Waals surface area contributed by atoms with Crippen LogP contribution in [0.2, 0.25) is 10.0 Å². The van der Waals surface area contributed by atoms with E-state index in [2.05, 4.69) is 26.0 Å². The highest BCUT2D eigenvalue weighted by Gasteiger charge is 2.62. The molecule has 2 aliphatic carbocycles. The first-order valence-electron chi connectivity index (χ1n) is 8.16. The van der Waals surface area contributed by atoms with Gasteiger partial charge in [0.1, 0.15) is 0 Å². The summed E-state index contributed by atoms with van der Waals surface area (Å²) in [7, 11) is 0. The number of amides is 2. The Labute approximate surface area is 150 Å². The summed E-state index contributed by atoms with van der Waals surface area (Å²) >= 11 is 12.2. The number of carbonyl (C=O) groups is 2. The van der Waals surface area contributed by atoms with E-state index in [0.29, 0.717) is 15.7 Å². The molecule has 2 bridgehead atoms. The molecule has 2 fully saturated rings. The Kier molecular flexibility index (Phi) is 3.63. The maximum absolute atomic E-state index is 13.0. The molecule has 1 aromatic rings. The molecule has 3 nitrogen and oxygen atoms in total. The van der Waals surface area contributed by atoms with E-state index in [1.165, 1.54) is 16.0 Å². The number of fused-ring (bicyclic) bond motifs is 5. The lowest BCUT2D eigenvalue weighted by Crippen LogP contribution is -2.33. The fraction of sp³-hybridized carbons (Fsp3) is 0.368. The lowest BCUT2D eigenvalue weighted by molar-refractivity contribution is -0.122. The van der Waals surface area contributed by atoms with Gasteiger partial charge >= 0.3 is 0 Å². The minimum atomic E-state index is -0.296. The second kappa shape index (κ2) is 5.47. The quantitative estimate of drug-likeness (QED) is 0.568. The van der Waals surface area contributed by atoms with Crippen LogP contribution >= 0.6 is 23.2 Å². The molecule has 1 aromatic carbocycles. The summed E-state index contributed by atoms with van der Waals surface area (Å²) in [4.78, 5) is 27.3. The molecule has 24 heavy (non-hydrogen) atoms. The van der Waals surface area contributed by atoms with Crippen LogP contribution in [0.5, 0.6) is 0 Å². The standard InChI is InChI=1S/C19H17Cl2NO2/c1-3-9(2)15-11-5-6-12(15)17-16(11)18(23)22(19(17)24)14-7-4-10(20)8-13(14)21/h4-8,11-12,16-17H,3H2,1-2H3/t11-,12+,16+,17-. The molecule has 0 unspecified atom stereocenters. The van der Waals surface area contributed by atoms with Gasteiger partial charge in [-0.2, -0.15) is 0 Å². The van der Waals surface area contributed by atoms with Gasteiger partial charge in [-0.25, -0.2) is 4.90 Å². The van der Waals surface area contributed by atoms with Crippen molar-refractivity contribution in [3.8, 4) is 0 Å². The highest BCUT2D eigenvalue weighted by Crippen LogP contribution is 2.57. The molecule has 1 saturated carbocycles. The van der Waals surface area contributed by atoms with Gasteiger partial charge in [-0.1, -0.05) is 53.4 Å². The highest BCUT2D eigenvalue weighted by molar-refractivity contribution is 6.38. The van der Waals surface area contributed by atoms with Crippen LogP contribution in [0.25, 0.3) is 0 Å². The molecule has 2 amide bonds. The van der Waals surface area contributed by atoms with Crippen molar-refractivity contribution in [2.45, 2.75) is 20.3 Å². The van der Waals surface area contributed by atoms with Crippen LogP contribution in [0, 0.1) is 23.7 Å². The molecule has 4 atom stereocenters. The number of halogens is 2. The van der Waals surface area contributed by atoms with E-state index in [9.17, 15) is 9.59 Å². The summed E-state index contributed by atoms with van der Waals surface area (Å²) < 4.78 is 0. The topological polar surface area (TPSA) is 37.4 Å². The zero-order chi connectivity index (χ0) is 17.2. The molecule has 1 aliphatic heterocycles. The number of hydrogen-bond acceptors (Lipinski definition) is 2. The lowest BCUT2D eigenvalue weighted by Gasteiger charge is -2.20. The van der Waals surface area contributed by atoms with Crippen molar-refractivity contribution in [2.75, 3.05) is 4.90 Å². The van der Waals surface area contributed by atoms with Gasteiger partial charge in [-0.15, -0.1) is 0 Å². The Morgan fingerprint density at radius 2 is 1.67 bits per heavy atom. The van der Waals surface area contributed by atoms with Crippen LogP contribution in [-0.2, 0) is 9.59 Å². The molecular weight excluding hydrogens is 345 g/mol. The predicted molar refractivity (Wildman–Crippen MR) is 95.0 cm³/mol. The van der Waals surface area contributed by atoms with Crippen molar-refractivity contribution in [2.24, 2.45) is 23.7 Å². The van der Waals surface area contributed by atoms with Crippen LogP contribution in [-0.4, -0.2) is 11.8 Å². The van der Waals surface area contributed by atoms with Crippen molar-refractivity contribution >= 4 is 40.7 Å². The highest BCUT2D eigenvalue weighted by atomic mass is 35.5. The summed E-state index contributed by atoms with van der Waals surface area (Å²) in [6.45, 7) is 4.21. The Morgan fingerprint density at radius 3 is 2.17 bits per heavy atom. The Bertz CT molecular complexity index is 793. The van der Waals surface area contributed by atoms with Gasteiger partial charge in [0, 0.05) is 16.9 Å². The number of allylic oxidation sites excluding steroid dienone is 4. The fourth-order valence-corrected chi connectivity index (χ4v) is 4.93. The minimum absolute atomic E-state index is 0.0486. The molecule has 0 spiro atoms. The zero-order valence-corrected chi connectivity index (χ0v) is 14.9. The lowest BCUT2D eigenvalue weighted by atomic mass is 9.85. The first-order chi connectivity index (χ1) is 11.5. The number of anilines is 1. The largest absolute Gasteiger partial charge is 0.274 e. The fourth-order valence-electron chi connectivity index (χ4n) is 4.44. The first-order valence-corrected chi connectivity index (χ1v) is 8.92. The van der Waals surface area contributed by atoms with E-state index in [0.717, 1.165) is 6.42 Å². The molecule has 124 valence electrons. The van der Waals surface area contributed by atoms with Crippen molar-refractivity contribution < 1.29 is 9.59 Å². The SMILES string of the molecule is CCC(C)=C1[C@H]2C=C[C@@H]1[C@H]1C(=O)N(c3ccc(Cl)cc3Cl)C(=O)[C@H]12. The van der Waals surface area contributed by atoms with E-state index >= 15 is 0 Å². The number of hydrogen-bond donors (Lipinski definition) is 0. The minimum Gasteiger partial charge on any atom is -0.274 e. The molecule has 1 saturated heterocycles. The molecule has 1 heterocycles. The molecule has 0 aromatic heterocycles. The summed E-state index contributed by atoms with van der Waals surface area (Å²) in [6.07, 6.45) is 5.13. The normalized spacial score (nSPS) is 32.8. The van der Waals surface area contributed by atoms with Gasteiger partial charge in [0.2, 0.25) is 11.8 Å². The van der Waals surface area contributed by atoms with Crippen molar-refractivity contribution in [1.29, 1.82) is 0 Å². The second-order valence-corrected chi connectivity index (χ2v) is 7.53. The van der Waals surface area contributed by atoms with E-state index in [-0.39, 0.29) is 35.5 Å². The van der Waals surface area contributed by atoms with Crippen molar-refractivity contribution in [1.82, 2.24) is 0 Å². The van der Waals surface area contributed by atoms with E-state index in [4.69, 9.17) is 23.2 Å². The maximum atomic E-state index is 13.0. The summed E-state index contributed by atoms with van der Waals surface area (Å²) in [5, 5.41) is 0.804. The number of imide groups is 1. The zero-order valence-electron chi connectivity index (χ0n) is 13.4. The second-order valence-electron chi connectivity index (χ2n) is 6.68. The smallest absolute Gasteiger partial charge is 0.238 e. The van der Waals surface area contributed by atoms with Gasteiger partial charge in [-0.05, 0) is 31.5 Å². The molecule has 3 aliphatic rings. The van der Waals surface area contributed by atoms with Crippen LogP contribution in [0.3, 0.4) is 0 Å². The number of rotatable bonds is 2. The predicted octanol–water partition coefficient (Wildman–Crippen LogP) is 4.64. The van der Waals surface area contributed by atoms with Crippen LogP contribution in [0.15, 0.2) is 41.5 Å². The first kappa shape index (κ1) is 15.9. The monoisotopic (exact) mass is 361 g/mol. The van der Waals surface area contributed by atoms with Gasteiger partial charge in [0.05, 0.1) is 22.5 Å². The molecular formula is C19H17Cl2NO2. The van der Waals surface area contributed by atoms with Gasteiger partial charge in [0.15, 0.2) is 0 Å². The van der Waals surface area contributed by atoms with Crippen molar-refractivity contribution in [3.63, 3.8) is 0 Å². The average Bonchev–Trinajstić information content (AvgIpc) is 3.18. The van der Waals surface area contributed by atoms with Gasteiger partial charge < -0.3 is 0 Å². The molecule has 0 radical (unpaired) electrons. The summed E-state index contributed by atoms with van der Waals surface area (Å²) in [5.41, 5.74) is 3.00. The van der Waals surface area contributed by atoms with Crippen molar-refractivity contribution in [3.05, 3.63) is 51.5 Å². The van der Waals surface area contributed by atoms with Crippen LogP contribution in [0.1, 0.15) is 20.3 Å². The van der Waals surface area contributed by atoms with Crippen LogP contribution < -0.4 is 4.90 Å². The third-order valence-electron chi connectivity index (χ3n) is 5.59. The Balaban J connectivity index is 1.77. The Hall–Kier alpha value is -1.58. The number of carbonyl (C=O) groups excluding carboxylic acids is 2. The summed E-state index contributed by atoms with van der Waals surface area (Å²) in [6, 6.07) is 4.86. The third-order valence-corrected chi connectivity index (χ3v) is 6.13. The average molecular weight is 362 g/mol. The molecule has 0 N–H and O–H groups in total. The van der Waals surface area contributed by atoms with Gasteiger partial charge in [0.25, 0.3) is 0 Å². The van der Waals surface area contributed by atoms with Gasteiger partial charge in [-0.3, -0.25) is 9.59 Å². The van der Waals surface area contributed by atoms with E-state index < -0.39 is 0 Å². The molecule has 4 rings (SSSR count). The number of benzene rings is 1. The van der Waals surface area contributed by atoms with Crippen LogP contribution in [0.4, 0.5) is 5.69 Å². The van der Waals surface area contributed by atoms with E-state index in [1.54, 1.807) is 18.2 Å².